The van der Waals surface area contributed by atoms with Crippen LogP contribution in [0.5, 0.6) is 0 Å². The third kappa shape index (κ3) is 1.42. The van der Waals surface area contributed by atoms with Gasteiger partial charge in [0.05, 0.1) is 5.52 Å². The first-order valence-electron chi connectivity index (χ1n) is 4.38. The molecule has 0 aliphatic carbocycles. The van der Waals surface area contributed by atoms with E-state index in [4.69, 9.17) is 4.74 Å². The molecule has 2 rings (SSSR count). The number of hydrogen-bond donors (Lipinski definition) is 0. The van der Waals surface area contributed by atoms with Crippen molar-refractivity contribution in [1.29, 1.82) is 0 Å². The van der Waals surface area contributed by atoms with Crippen LogP contribution >= 0.6 is 0 Å². The van der Waals surface area contributed by atoms with Crippen LogP contribution in [0.25, 0.3) is 10.9 Å². The Hall–Kier alpha value is -1.61. The number of nitrogens with zero attached hydrogens (tertiary/aromatic N) is 1. The van der Waals surface area contributed by atoms with Gasteiger partial charge in [-0.15, -0.1) is 0 Å². The van der Waals surface area contributed by atoms with E-state index in [9.17, 15) is 4.79 Å². The summed E-state index contributed by atoms with van der Waals surface area (Å²) in [7, 11) is 1.66. The molecule has 0 N–H and O–H groups in total. The zero-order chi connectivity index (χ0) is 9.97. The van der Waals surface area contributed by atoms with Crippen LogP contribution in [-0.4, -0.2) is 18.0 Å². The molecule has 0 radical (unpaired) electrons. The molecule has 14 heavy (non-hydrogen) atoms. The Kier molecular flexibility index (Phi) is 2.33. The third-order valence-electron chi connectivity index (χ3n) is 2.20. The van der Waals surface area contributed by atoms with E-state index < -0.39 is 0 Å². The summed E-state index contributed by atoms with van der Waals surface area (Å²) in [6, 6.07) is 7.58. The number of hydrogen-bond acceptors (Lipinski definition) is 2. The van der Waals surface area contributed by atoms with E-state index in [1.165, 1.54) is 0 Å². The molecule has 0 saturated heterocycles. The summed E-state index contributed by atoms with van der Waals surface area (Å²) in [6.07, 6.45) is 2.80. The van der Waals surface area contributed by atoms with Gasteiger partial charge in [-0.3, -0.25) is 4.79 Å². The Morgan fingerprint density at radius 3 is 3.00 bits per heavy atom. The number of fused-ring (bicyclic) bond motifs is 1. The van der Waals surface area contributed by atoms with Gasteiger partial charge in [-0.05, 0) is 24.3 Å². The summed E-state index contributed by atoms with van der Waals surface area (Å²) in [6.45, 7) is 0.532. The SMILES string of the molecule is COCn1ccc2cc(C=O)ccc21. The number of aromatic nitrogens is 1. The number of rotatable bonds is 3. The average molecular weight is 189 g/mol. The quantitative estimate of drug-likeness (QED) is 0.692. The first kappa shape index (κ1) is 8.97. The molecule has 1 aromatic heterocycles. The van der Waals surface area contributed by atoms with E-state index >= 15 is 0 Å². The van der Waals surface area contributed by atoms with Crippen molar-refractivity contribution in [1.82, 2.24) is 4.57 Å². The van der Waals surface area contributed by atoms with Gasteiger partial charge < -0.3 is 9.30 Å². The molecule has 2 aromatic rings. The largest absolute Gasteiger partial charge is 0.364 e. The van der Waals surface area contributed by atoms with Crippen LogP contribution < -0.4 is 0 Å². The van der Waals surface area contributed by atoms with E-state index in [2.05, 4.69) is 0 Å². The highest BCUT2D eigenvalue weighted by Crippen LogP contribution is 2.16. The van der Waals surface area contributed by atoms with Gasteiger partial charge in [0.25, 0.3) is 0 Å². The predicted molar refractivity (Wildman–Crippen MR) is 54.3 cm³/mol. The molecule has 0 bridgehead atoms. The highest BCUT2D eigenvalue weighted by Gasteiger charge is 2.00. The lowest BCUT2D eigenvalue weighted by atomic mass is 10.2. The van der Waals surface area contributed by atoms with Crippen LogP contribution in [0.15, 0.2) is 30.5 Å². The number of benzene rings is 1. The number of methoxy groups -OCH3 is 1. The van der Waals surface area contributed by atoms with Crippen molar-refractivity contribution in [2.75, 3.05) is 7.11 Å². The van der Waals surface area contributed by atoms with E-state index in [-0.39, 0.29) is 0 Å². The molecule has 0 saturated carbocycles. The van der Waals surface area contributed by atoms with Crippen molar-refractivity contribution in [3.63, 3.8) is 0 Å². The molecule has 0 fully saturated rings. The average Bonchev–Trinajstić information content (AvgIpc) is 2.61. The molecule has 1 heterocycles. The summed E-state index contributed by atoms with van der Waals surface area (Å²) in [5.74, 6) is 0. The van der Waals surface area contributed by atoms with Crippen molar-refractivity contribution >= 4 is 17.2 Å². The molecule has 3 nitrogen and oxygen atoms in total. The number of carbonyl (C=O) groups excluding carboxylic acids is 1. The fourth-order valence-electron chi connectivity index (χ4n) is 1.54. The van der Waals surface area contributed by atoms with E-state index in [0.29, 0.717) is 12.3 Å². The minimum atomic E-state index is 0.532. The van der Waals surface area contributed by atoms with Crippen LogP contribution in [0.1, 0.15) is 10.4 Å². The minimum Gasteiger partial charge on any atom is -0.364 e. The van der Waals surface area contributed by atoms with Gasteiger partial charge in [0, 0.05) is 24.3 Å². The lowest BCUT2D eigenvalue weighted by molar-refractivity contribution is 0.112. The summed E-state index contributed by atoms with van der Waals surface area (Å²) >= 11 is 0. The minimum absolute atomic E-state index is 0.532. The van der Waals surface area contributed by atoms with E-state index in [1.54, 1.807) is 7.11 Å². The second kappa shape index (κ2) is 3.64. The summed E-state index contributed by atoms with van der Waals surface area (Å²) in [5, 5.41) is 1.06. The topological polar surface area (TPSA) is 31.2 Å². The Morgan fingerprint density at radius 1 is 1.43 bits per heavy atom. The standard InChI is InChI=1S/C11H11NO2/c1-14-8-12-5-4-10-6-9(7-13)2-3-11(10)12/h2-7H,8H2,1H3. The lowest BCUT2D eigenvalue weighted by Gasteiger charge is -2.02. The Bertz CT molecular complexity index is 459. The highest BCUT2D eigenvalue weighted by molar-refractivity contribution is 5.87. The summed E-state index contributed by atoms with van der Waals surface area (Å²) < 4.78 is 7.03. The van der Waals surface area contributed by atoms with Gasteiger partial charge in [0.2, 0.25) is 0 Å². The molecule has 0 aliphatic rings. The third-order valence-corrected chi connectivity index (χ3v) is 2.20. The van der Waals surface area contributed by atoms with Crippen molar-refractivity contribution in [2.45, 2.75) is 6.73 Å². The monoisotopic (exact) mass is 189 g/mol. The fraction of sp³-hybridized carbons (Fsp3) is 0.182. The summed E-state index contributed by atoms with van der Waals surface area (Å²) in [5.41, 5.74) is 1.78. The Balaban J connectivity index is 2.53. The zero-order valence-corrected chi connectivity index (χ0v) is 7.93. The van der Waals surface area contributed by atoms with Crippen LogP contribution in [0.2, 0.25) is 0 Å². The Labute approximate surface area is 81.9 Å². The van der Waals surface area contributed by atoms with Gasteiger partial charge in [-0.25, -0.2) is 0 Å². The Morgan fingerprint density at radius 2 is 2.29 bits per heavy atom. The van der Waals surface area contributed by atoms with Crippen molar-refractivity contribution in [3.05, 3.63) is 36.0 Å². The first-order chi connectivity index (χ1) is 6.85. The molecule has 0 atom stereocenters. The van der Waals surface area contributed by atoms with Crippen LogP contribution in [0, 0.1) is 0 Å². The molecule has 0 spiro atoms. The van der Waals surface area contributed by atoms with Crippen molar-refractivity contribution in [3.8, 4) is 0 Å². The zero-order valence-electron chi connectivity index (χ0n) is 7.93. The number of aldehydes is 1. The first-order valence-corrected chi connectivity index (χ1v) is 4.38. The smallest absolute Gasteiger partial charge is 0.150 e. The maximum Gasteiger partial charge on any atom is 0.150 e. The lowest BCUT2D eigenvalue weighted by Crippen LogP contribution is -1.97. The molecule has 3 heteroatoms. The van der Waals surface area contributed by atoms with Gasteiger partial charge >= 0.3 is 0 Å². The van der Waals surface area contributed by atoms with Gasteiger partial charge in [0.15, 0.2) is 0 Å². The maximum absolute atomic E-state index is 10.6. The molecule has 0 amide bonds. The molecule has 0 aliphatic heterocycles. The van der Waals surface area contributed by atoms with Crippen molar-refractivity contribution < 1.29 is 9.53 Å². The van der Waals surface area contributed by atoms with Crippen molar-refractivity contribution in [2.24, 2.45) is 0 Å². The molecule has 0 unspecified atom stereocenters. The van der Waals surface area contributed by atoms with Gasteiger partial charge in [0.1, 0.15) is 13.0 Å². The van der Waals surface area contributed by atoms with E-state index in [1.807, 2.05) is 35.0 Å². The summed E-state index contributed by atoms with van der Waals surface area (Å²) in [4.78, 5) is 10.6. The van der Waals surface area contributed by atoms with Crippen LogP contribution in [0.4, 0.5) is 0 Å². The molecule has 72 valence electrons. The maximum atomic E-state index is 10.6. The van der Waals surface area contributed by atoms with E-state index in [0.717, 1.165) is 17.2 Å². The molecule has 1 aromatic carbocycles. The fourth-order valence-corrected chi connectivity index (χ4v) is 1.54. The predicted octanol–water partition coefficient (Wildman–Crippen LogP) is 2.06. The molecular formula is C11H11NO2. The van der Waals surface area contributed by atoms with Crippen LogP contribution in [-0.2, 0) is 11.5 Å². The van der Waals surface area contributed by atoms with Crippen LogP contribution in [0.3, 0.4) is 0 Å². The normalized spacial score (nSPS) is 10.6. The highest BCUT2D eigenvalue weighted by atomic mass is 16.5. The van der Waals surface area contributed by atoms with Gasteiger partial charge in [-0.2, -0.15) is 0 Å². The second-order valence-electron chi connectivity index (χ2n) is 3.14. The van der Waals surface area contributed by atoms with Gasteiger partial charge in [-0.1, -0.05) is 0 Å². The number of ether oxygens (including phenoxy) is 1. The molecular weight excluding hydrogens is 178 g/mol. The number of carbonyl (C=O) groups is 1. The second-order valence-corrected chi connectivity index (χ2v) is 3.14.